The van der Waals surface area contributed by atoms with E-state index in [0.717, 1.165) is 4.99 Å². The highest BCUT2D eigenvalue weighted by Gasteiger charge is 2.14. The van der Waals surface area contributed by atoms with E-state index in [9.17, 15) is 0 Å². The zero-order valence-corrected chi connectivity index (χ0v) is 10.4. The molecule has 1 aromatic carbocycles. The summed E-state index contributed by atoms with van der Waals surface area (Å²) in [5, 5.41) is 3.34. The minimum absolute atomic E-state index is 0.418. The van der Waals surface area contributed by atoms with Gasteiger partial charge in [0.25, 0.3) is 0 Å². The molecule has 0 fully saturated rings. The van der Waals surface area contributed by atoms with Crippen LogP contribution in [0.1, 0.15) is 31.7 Å². The molecule has 0 radical (unpaired) electrons. The maximum absolute atomic E-state index is 5.09. The summed E-state index contributed by atoms with van der Waals surface area (Å²) in [6.45, 7) is 1.94. The van der Waals surface area contributed by atoms with Crippen LogP contribution in [0, 0.1) is 0 Å². The van der Waals surface area contributed by atoms with Crippen molar-refractivity contribution in [3.63, 3.8) is 0 Å². The molecule has 0 saturated carbocycles. The molecule has 1 aliphatic rings. The minimum atomic E-state index is 0.418. The summed E-state index contributed by atoms with van der Waals surface area (Å²) >= 11 is 5.09. The van der Waals surface area contributed by atoms with E-state index in [0.29, 0.717) is 6.04 Å². The van der Waals surface area contributed by atoms with Crippen molar-refractivity contribution in [1.82, 2.24) is 5.32 Å². The Hall–Kier alpha value is -1.15. The van der Waals surface area contributed by atoms with Crippen LogP contribution in [0.25, 0.3) is 5.57 Å². The monoisotopic (exact) mass is 231 g/mol. The molecule has 1 atom stereocenters. The third-order valence-electron chi connectivity index (χ3n) is 2.90. The van der Waals surface area contributed by atoms with Crippen LogP contribution < -0.4 is 5.32 Å². The molecule has 1 aliphatic carbocycles. The second kappa shape index (κ2) is 5.26. The summed E-state index contributed by atoms with van der Waals surface area (Å²) in [4.78, 5) is 0.885. The predicted octanol–water partition coefficient (Wildman–Crippen LogP) is 3.56. The Morgan fingerprint density at radius 3 is 2.75 bits per heavy atom. The second-order valence-corrected chi connectivity index (χ2v) is 4.87. The number of hydrogen-bond acceptors (Lipinski definition) is 1. The number of hydrogen-bond donors (Lipinski definition) is 1. The standard InChI is InChI=1S/C14H17NS/c1-11(16)15-14-9-5-8-13(10-14)12-6-3-2-4-7-12/h2-4,6-7,10,14H,5,8-9H2,1H3,(H,15,16). The number of nitrogens with one attached hydrogen (secondary N) is 1. The van der Waals surface area contributed by atoms with Crippen molar-refractivity contribution in [3.8, 4) is 0 Å². The summed E-state index contributed by atoms with van der Waals surface area (Å²) in [5.74, 6) is 0. The van der Waals surface area contributed by atoms with Crippen LogP contribution in [0.3, 0.4) is 0 Å². The highest BCUT2D eigenvalue weighted by Crippen LogP contribution is 2.26. The van der Waals surface area contributed by atoms with Gasteiger partial charge in [0.15, 0.2) is 0 Å². The molecule has 16 heavy (non-hydrogen) atoms. The number of thiocarbonyl (C=S) groups is 1. The van der Waals surface area contributed by atoms with Gasteiger partial charge in [-0.05, 0) is 37.3 Å². The highest BCUT2D eigenvalue weighted by molar-refractivity contribution is 7.80. The molecule has 1 unspecified atom stereocenters. The van der Waals surface area contributed by atoms with E-state index >= 15 is 0 Å². The van der Waals surface area contributed by atoms with Crippen LogP contribution in [0.15, 0.2) is 36.4 Å². The Bertz CT molecular complexity index is 394. The lowest BCUT2D eigenvalue weighted by atomic mass is 9.91. The fourth-order valence-electron chi connectivity index (χ4n) is 2.19. The molecule has 0 aliphatic heterocycles. The summed E-state index contributed by atoms with van der Waals surface area (Å²) in [6.07, 6.45) is 5.93. The largest absolute Gasteiger partial charge is 0.374 e. The van der Waals surface area contributed by atoms with E-state index in [-0.39, 0.29) is 0 Å². The fraction of sp³-hybridized carbons (Fsp3) is 0.357. The molecule has 0 spiro atoms. The van der Waals surface area contributed by atoms with Gasteiger partial charge in [0.2, 0.25) is 0 Å². The van der Waals surface area contributed by atoms with Crippen LogP contribution >= 0.6 is 12.2 Å². The number of rotatable bonds is 2. The average molecular weight is 231 g/mol. The molecule has 1 nitrogen and oxygen atoms in total. The van der Waals surface area contributed by atoms with Crippen LogP contribution in [0.5, 0.6) is 0 Å². The SMILES string of the molecule is CC(=S)NC1C=C(c2ccccc2)CCC1. The van der Waals surface area contributed by atoms with E-state index in [1.54, 1.807) is 0 Å². The van der Waals surface area contributed by atoms with Crippen LogP contribution in [0.2, 0.25) is 0 Å². The number of allylic oxidation sites excluding steroid dienone is 1. The normalized spacial score (nSPS) is 20.1. The maximum atomic E-state index is 5.09. The van der Waals surface area contributed by atoms with Crippen molar-refractivity contribution in [2.24, 2.45) is 0 Å². The molecule has 0 aromatic heterocycles. The van der Waals surface area contributed by atoms with Crippen molar-refractivity contribution in [2.75, 3.05) is 0 Å². The summed E-state index contributed by atoms with van der Waals surface area (Å²) in [6, 6.07) is 11.0. The molecule has 1 aromatic rings. The summed E-state index contributed by atoms with van der Waals surface area (Å²) < 4.78 is 0. The molecule has 1 N–H and O–H groups in total. The summed E-state index contributed by atoms with van der Waals surface area (Å²) in [5.41, 5.74) is 2.79. The second-order valence-electron chi connectivity index (χ2n) is 4.26. The Balaban J connectivity index is 2.15. The van der Waals surface area contributed by atoms with Crippen molar-refractivity contribution in [1.29, 1.82) is 0 Å². The minimum Gasteiger partial charge on any atom is -0.374 e. The molecule has 0 heterocycles. The number of benzene rings is 1. The first-order valence-electron chi connectivity index (χ1n) is 5.79. The first-order chi connectivity index (χ1) is 7.75. The van der Waals surface area contributed by atoms with Gasteiger partial charge in [0.05, 0.1) is 4.99 Å². The Kier molecular flexibility index (Phi) is 3.73. The Morgan fingerprint density at radius 2 is 2.06 bits per heavy atom. The fourth-order valence-corrected chi connectivity index (χ4v) is 2.34. The molecule has 2 rings (SSSR count). The maximum Gasteiger partial charge on any atom is 0.0726 e. The van der Waals surface area contributed by atoms with Gasteiger partial charge in [0, 0.05) is 6.04 Å². The first-order valence-corrected chi connectivity index (χ1v) is 6.20. The van der Waals surface area contributed by atoms with Crippen molar-refractivity contribution < 1.29 is 0 Å². The molecular formula is C14H17NS. The third kappa shape index (κ3) is 2.92. The smallest absolute Gasteiger partial charge is 0.0726 e. The van der Waals surface area contributed by atoms with Crippen molar-refractivity contribution in [2.45, 2.75) is 32.2 Å². The molecule has 0 amide bonds. The lowest BCUT2D eigenvalue weighted by Crippen LogP contribution is -2.31. The van der Waals surface area contributed by atoms with Gasteiger partial charge in [-0.25, -0.2) is 0 Å². The van der Waals surface area contributed by atoms with Gasteiger partial charge in [-0.3, -0.25) is 0 Å². The zero-order valence-electron chi connectivity index (χ0n) is 9.57. The van der Waals surface area contributed by atoms with Gasteiger partial charge in [-0.15, -0.1) is 0 Å². The van der Waals surface area contributed by atoms with Gasteiger partial charge >= 0.3 is 0 Å². The molecule has 84 valence electrons. The van der Waals surface area contributed by atoms with Crippen molar-refractivity contribution >= 4 is 22.8 Å². The first kappa shape index (κ1) is 11.3. The average Bonchev–Trinajstić information content (AvgIpc) is 2.30. The van der Waals surface area contributed by atoms with E-state index in [4.69, 9.17) is 12.2 Å². The molecular weight excluding hydrogens is 214 g/mol. The zero-order chi connectivity index (χ0) is 11.4. The lowest BCUT2D eigenvalue weighted by molar-refractivity contribution is 0.610. The van der Waals surface area contributed by atoms with Crippen LogP contribution in [-0.2, 0) is 0 Å². The van der Waals surface area contributed by atoms with Gasteiger partial charge in [-0.1, -0.05) is 48.6 Å². The van der Waals surface area contributed by atoms with Gasteiger partial charge < -0.3 is 5.32 Å². The third-order valence-corrected chi connectivity index (χ3v) is 3.01. The van der Waals surface area contributed by atoms with E-state index in [2.05, 4.69) is 41.7 Å². The van der Waals surface area contributed by atoms with E-state index < -0.39 is 0 Å². The van der Waals surface area contributed by atoms with Gasteiger partial charge in [-0.2, -0.15) is 0 Å². The van der Waals surface area contributed by atoms with E-state index in [1.807, 2.05) is 6.92 Å². The summed E-state index contributed by atoms with van der Waals surface area (Å²) in [7, 11) is 0. The van der Waals surface area contributed by atoms with Crippen LogP contribution in [0.4, 0.5) is 0 Å². The van der Waals surface area contributed by atoms with E-state index in [1.165, 1.54) is 30.4 Å². The van der Waals surface area contributed by atoms with Crippen molar-refractivity contribution in [3.05, 3.63) is 42.0 Å². The van der Waals surface area contributed by atoms with Crippen LogP contribution in [-0.4, -0.2) is 11.0 Å². The quantitative estimate of drug-likeness (QED) is 0.781. The topological polar surface area (TPSA) is 12.0 Å². The Labute approximate surface area is 103 Å². The van der Waals surface area contributed by atoms with Gasteiger partial charge in [0.1, 0.15) is 0 Å². The highest BCUT2D eigenvalue weighted by atomic mass is 32.1. The molecule has 0 saturated heterocycles. The molecule has 0 bridgehead atoms. The Morgan fingerprint density at radius 1 is 1.31 bits per heavy atom. The predicted molar refractivity (Wildman–Crippen MR) is 73.5 cm³/mol. The lowest BCUT2D eigenvalue weighted by Gasteiger charge is -2.22. The molecule has 2 heteroatoms.